The van der Waals surface area contributed by atoms with E-state index < -0.39 is 5.97 Å². The van der Waals surface area contributed by atoms with E-state index in [0.717, 1.165) is 18.9 Å². The van der Waals surface area contributed by atoms with Gasteiger partial charge in [0.05, 0.1) is 6.61 Å². The summed E-state index contributed by atoms with van der Waals surface area (Å²) in [6.45, 7) is 4.34. The zero-order valence-electron chi connectivity index (χ0n) is 11.0. The maximum absolute atomic E-state index is 10.6. The molecule has 1 aromatic rings. The number of unbranched alkanes of at least 4 members (excludes halogenated alkanes) is 1. The molecular weight excluding hydrogens is 260 g/mol. The molecule has 0 bridgehead atoms. The fraction of sp³-hybridized carbons (Fsp3) is 0.267. The molecule has 0 fully saturated rings. The van der Waals surface area contributed by atoms with Crippen LogP contribution in [0.15, 0.2) is 30.9 Å². The van der Waals surface area contributed by atoms with Crippen LogP contribution in [0.25, 0.3) is 6.08 Å². The number of ether oxygens (including phenoxy) is 3. The molecule has 0 aliphatic carbocycles. The third-order valence-electron chi connectivity index (χ3n) is 2.72. The van der Waals surface area contributed by atoms with Crippen LogP contribution in [0.2, 0.25) is 0 Å². The lowest BCUT2D eigenvalue weighted by molar-refractivity contribution is -0.131. The predicted octanol–water partition coefficient (Wildman–Crippen LogP) is 2.86. The Labute approximate surface area is 117 Å². The van der Waals surface area contributed by atoms with Crippen LogP contribution in [0.5, 0.6) is 17.2 Å². The second-order valence-corrected chi connectivity index (χ2v) is 4.19. The number of benzene rings is 1. The number of fused-ring (bicyclic) bond motifs is 1. The molecule has 0 saturated heterocycles. The molecule has 0 radical (unpaired) electrons. The molecule has 5 heteroatoms. The number of aliphatic carboxylic acids is 1. The van der Waals surface area contributed by atoms with E-state index in [0.29, 0.717) is 29.4 Å². The van der Waals surface area contributed by atoms with Crippen LogP contribution in [-0.4, -0.2) is 24.5 Å². The summed E-state index contributed by atoms with van der Waals surface area (Å²) in [5.41, 5.74) is 0.648. The number of hydrogen-bond donors (Lipinski definition) is 1. The first-order valence-corrected chi connectivity index (χ1v) is 6.29. The first-order valence-electron chi connectivity index (χ1n) is 6.29. The van der Waals surface area contributed by atoms with Crippen molar-refractivity contribution in [1.82, 2.24) is 0 Å². The van der Waals surface area contributed by atoms with Crippen molar-refractivity contribution < 1.29 is 24.1 Å². The normalized spacial score (nSPS) is 12.6. The van der Waals surface area contributed by atoms with E-state index in [1.807, 2.05) is 6.08 Å². The van der Waals surface area contributed by atoms with Gasteiger partial charge in [0, 0.05) is 17.7 Å². The second kappa shape index (κ2) is 6.65. The van der Waals surface area contributed by atoms with Gasteiger partial charge in [-0.05, 0) is 25.0 Å². The van der Waals surface area contributed by atoms with E-state index in [2.05, 4.69) is 6.58 Å². The molecular formula is C15H16O5. The summed E-state index contributed by atoms with van der Waals surface area (Å²) in [6, 6.07) is 3.43. The Kier molecular flexibility index (Phi) is 4.65. The topological polar surface area (TPSA) is 65.0 Å². The molecule has 0 spiro atoms. The molecule has 0 atom stereocenters. The minimum absolute atomic E-state index is 0.164. The van der Waals surface area contributed by atoms with E-state index in [4.69, 9.17) is 19.3 Å². The van der Waals surface area contributed by atoms with Crippen molar-refractivity contribution in [1.29, 1.82) is 0 Å². The molecule has 0 amide bonds. The highest BCUT2D eigenvalue weighted by Crippen LogP contribution is 2.38. The first kappa shape index (κ1) is 14.0. The highest BCUT2D eigenvalue weighted by molar-refractivity contribution is 5.86. The van der Waals surface area contributed by atoms with Gasteiger partial charge < -0.3 is 19.3 Å². The SMILES string of the molecule is C=CCCCOc1cc2c(cc1C=CC(=O)O)OCO2. The van der Waals surface area contributed by atoms with Gasteiger partial charge in [-0.15, -0.1) is 6.58 Å². The Morgan fingerprint density at radius 3 is 2.85 bits per heavy atom. The molecule has 0 saturated carbocycles. The van der Waals surface area contributed by atoms with E-state index >= 15 is 0 Å². The quantitative estimate of drug-likeness (QED) is 0.471. The Hall–Kier alpha value is -2.43. The van der Waals surface area contributed by atoms with E-state index in [1.165, 1.54) is 6.08 Å². The smallest absolute Gasteiger partial charge is 0.328 e. The van der Waals surface area contributed by atoms with Crippen molar-refractivity contribution in [2.24, 2.45) is 0 Å². The van der Waals surface area contributed by atoms with Gasteiger partial charge in [0.15, 0.2) is 11.5 Å². The maximum Gasteiger partial charge on any atom is 0.328 e. The average molecular weight is 276 g/mol. The van der Waals surface area contributed by atoms with E-state index in [-0.39, 0.29) is 6.79 Å². The highest BCUT2D eigenvalue weighted by Gasteiger charge is 2.17. The standard InChI is InChI=1S/C15H16O5/c1-2-3-4-7-18-12-9-14-13(19-10-20-14)8-11(12)5-6-15(16)17/h2,5-6,8-9H,1,3-4,7,10H2,(H,16,17). The third kappa shape index (κ3) is 3.54. The Bertz CT molecular complexity index is 533. The summed E-state index contributed by atoms with van der Waals surface area (Å²) in [5.74, 6) is 0.765. The van der Waals surface area contributed by atoms with Crippen molar-refractivity contribution >= 4 is 12.0 Å². The van der Waals surface area contributed by atoms with Gasteiger partial charge in [-0.3, -0.25) is 0 Å². The van der Waals surface area contributed by atoms with Crippen molar-refractivity contribution in [2.75, 3.05) is 13.4 Å². The molecule has 1 heterocycles. The number of hydrogen-bond acceptors (Lipinski definition) is 4. The molecule has 20 heavy (non-hydrogen) atoms. The minimum atomic E-state index is -1.01. The van der Waals surface area contributed by atoms with E-state index in [1.54, 1.807) is 12.1 Å². The van der Waals surface area contributed by atoms with Gasteiger partial charge in [-0.1, -0.05) is 6.08 Å². The zero-order chi connectivity index (χ0) is 14.4. The van der Waals surface area contributed by atoms with Crippen molar-refractivity contribution in [3.8, 4) is 17.2 Å². The van der Waals surface area contributed by atoms with Crippen molar-refractivity contribution in [2.45, 2.75) is 12.8 Å². The number of carboxylic acid groups (broad SMARTS) is 1. The summed E-state index contributed by atoms with van der Waals surface area (Å²) in [6.07, 6.45) is 6.08. The van der Waals surface area contributed by atoms with Gasteiger partial charge >= 0.3 is 5.97 Å². The minimum Gasteiger partial charge on any atom is -0.493 e. The highest BCUT2D eigenvalue weighted by atomic mass is 16.7. The lowest BCUT2D eigenvalue weighted by Gasteiger charge is -2.10. The molecule has 1 aromatic carbocycles. The van der Waals surface area contributed by atoms with Gasteiger partial charge in [0.2, 0.25) is 6.79 Å². The average Bonchev–Trinajstić information content (AvgIpc) is 2.87. The summed E-state index contributed by atoms with van der Waals surface area (Å²) >= 11 is 0. The predicted molar refractivity (Wildman–Crippen MR) is 74.2 cm³/mol. The second-order valence-electron chi connectivity index (χ2n) is 4.19. The molecule has 106 valence electrons. The van der Waals surface area contributed by atoms with Gasteiger partial charge in [-0.2, -0.15) is 0 Å². The van der Waals surface area contributed by atoms with Crippen LogP contribution < -0.4 is 14.2 Å². The molecule has 2 rings (SSSR count). The third-order valence-corrected chi connectivity index (χ3v) is 2.72. The van der Waals surface area contributed by atoms with E-state index in [9.17, 15) is 4.79 Å². The van der Waals surface area contributed by atoms with Crippen molar-refractivity contribution in [3.05, 3.63) is 36.4 Å². The number of allylic oxidation sites excluding steroid dienone is 1. The number of rotatable bonds is 7. The Morgan fingerprint density at radius 2 is 2.15 bits per heavy atom. The van der Waals surface area contributed by atoms with Gasteiger partial charge in [0.1, 0.15) is 5.75 Å². The van der Waals surface area contributed by atoms with Gasteiger partial charge in [0.25, 0.3) is 0 Å². The fourth-order valence-electron chi connectivity index (χ4n) is 1.77. The number of carbonyl (C=O) groups is 1. The summed E-state index contributed by atoms with van der Waals surface area (Å²) < 4.78 is 16.2. The van der Waals surface area contributed by atoms with Crippen LogP contribution in [0, 0.1) is 0 Å². The monoisotopic (exact) mass is 276 g/mol. The zero-order valence-corrected chi connectivity index (χ0v) is 11.0. The van der Waals surface area contributed by atoms with Crippen LogP contribution in [0.3, 0.4) is 0 Å². The number of carboxylic acids is 1. The van der Waals surface area contributed by atoms with Crippen molar-refractivity contribution in [3.63, 3.8) is 0 Å². The van der Waals surface area contributed by atoms with Crippen LogP contribution in [0.1, 0.15) is 18.4 Å². The Balaban J connectivity index is 2.18. The molecule has 0 aromatic heterocycles. The molecule has 1 aliphatic rings. The fourth-order valence-corrected chi connectivity index (χ4v) is 1.77. The lowest BCUT2D eigenvalue weighted by Crippen LogP contribution is -1.98. The largest absolute Gasteiger partial charge is 0.493 e. The molecule has 0 unspecified atom stereocenters. The summed E-state index contributed by atoms with van der Waals surface area (Å²) in [4.78, 5) is 10.6. The molecule has 1 aliphatic heterocycles. The van der Waals surface area contributed by atoms with Gasteiger partial charge in [-0.25, -0.2) is 4.79 Å². The maximum atomic E-state index is 10.6. The summed E-state index contributed by atoms with van der Waals surface area (Å²) in [5, 5.41) is 8.71. The summed E-state index contributed by atoms with van der Waals surface area (Å²) in [7, 11) is 0. The van der Waals surface area contributed by atoms with Crippen LogP contribution in [0.4, 0.5) is 0 Å². The molecule has 5 nitrogen and oxygen atoms in total. The molecule has 1 N–H and O–H groups in total. The van der Waals surface area contributed by atoms with Crippen LogP contribution in [-0.2, 0) is 4.79 Å². The first-order chi connectivity index (χ1) is 9.70. The van der Waals surface area contributed by atoms with Crippen LogP contribution >= 0.6 is 0 Å². The lowest BCUT2D eigenvalue weighted by atomic mass is 10.1. The Morgan fingerprint density at radius 1 is 1.40 bits per heavy atom.